The van der Waals surface area contributed by atoms with Crippen LogP contribution in [-0.4, -0.2) is 38.8 Å². The zero-order valence-corrected chi connectivity index (χ0v) is 17.7. The molecule has 2 aromatic carbocycles. The van der Waals surface area contributed by atoms with Crippen LogP contribution in [0.1, 0.15) is 40.9 Å². The molecule has 154 valence electrons. The van der Waals surface area contributed by atoms with Gasteiger partial charge in [-0.05, 0) is 29.7 Å². The number of aromatic carboxylic acids is 1. The number of nitrogens with zero attached hydrogens (tertiary/aromatic N) is 1. The number of carboxylic acids is 1. The predicted molar refractivity (Wildman–Crippen MR) is 119 cm³/mol. The van der Waals surface area contributed by atoms with Crippen LogP contribution in [0, 0.1) is 0 Å². The molecule has 1 fully saturated rings. The molecule has 1 unspecified atom stereocenters. The first-order chi connectivity index (χ1) is 14.4. The lowest BCUT2D eigenvalue weighted by molar-refractivity contribution is -0.151. The quantitative estimate of drug-likeness (QED) is 0.390. The summed E-state index contributed by atoms with van der Waals surface area (Å²) < 4.78 is 5.53. The third kappa shape index (κ3) is 4.60. The van der Waals surface area contributed by atoms with Gasteiger partial charge in [-0.15, -0.1) is 0 Å². The molecule has 0 bridgehead atoms. The maximum Gasteiger partial charge on any atom is 0.336 e. The molecule has 1 aliphatic rings. The Morgan fingerprint density at radius 2 is 1.83 bits per heavy atom. The topological polar surface area (TPSA) is 83.9 Å². The summed E-state index contributed by atoms with van der Waals surface area (Å²) in [5.41, 5.74) is 1.04. The van der Waals surface area contributed by atoms with Crippen molar-refractivity contribution in [3.05, 3.63) is 76.2 Å². The Hall–Kier alpha value is -2.97. The normalized spacial score (nSPS) is 16.0. The third-order valence-corrected chi connectivity index (χ3v) is 5.68. The second-order valence-corrected chi connectivity index (χ2v) is 8.10. The third-order valence-electron chi connectivity index (χ3n) is 4.35. The van der Waals surface area contributed by atoms with Gasteiger partial charge in [0.05, 0.1) is 17.1 Å². The Bertz CT molecular complexity index is 1020. The monoisotopic (exact) mass is 441 g/mol. The molecule has 0 spiro atoms. The van der Waals surface area contributed by atoms with Gasteiger partial charge in [0.2, 0.25) is 0 Å². The van der Waals surface area contributed by atoms with E-state index < -0.39 is 23.9 Å². The van der Waals surface area contributed by atoms with Crippen LogP contribution in [0.2, 0.25) is 0 Å². The molecule has 1 saturated heterocycles. The molecule has 8 heteroatoms. The number of ether oxygens (including phenoxy) is 1. The van der Waals surface area contributed by atoms with E-state index in [0.717, 1.165) is 11.8 Å². The van der Waals surface area contributed by atoms with Gasteiger partial charge in [-0.1, -0.05) is 79.4 Å². The van der Waals surface area contributed by atoms with Crippen molar-refractivity contribution in [1.29, 1.82) is 0 Å². The number of carboxylic acid groups (broad SMARTS) is 1. The molecular weight excluding hydrogens is 422 g/mol. The summed E-state index contributed by atoms with van der Waals surface area (Å²) in [6.45, 7) is 2.12. The smallest absolute Gasteiger partial charge is 0.336 e. The first-order valence-electron chi connectivity index (χ1n) is 9.25. The van der Waals surface area contributed by atoms with E-state index >= 15 is 0 Å². The average molecular weight is 442 g/mol. The molecule has 0 saturated carbocycles. The Morgan fingerprint density at radius 1 is 1.17 bits per heavy atom. The molecule has 1 amide bonds. The highest BCUT2D eigenvalue weighted by atomic mass is 32.2. The van der Waals surface area contributed by atoms with Gasteiger partial charge < -0.3 is 9.84 Å². The van der Waals surface area contributed by atoms with Crippen molar-refractivity contribution in [2.24, 2.45) is 0 Å². The van der Waals surface area contributed by atoms with Crippen LogP contribution in [0.3, 0.4) is 0 Å². The highest BCUT2D eigenvalue weighted by Crippen LogP contribution is 2.39. The van der Waals surface area contributed by atoms with Crippen LogP contribution >= 0.6 is 24.0 Å². The highest BCUT2D eigenvalue weighted by molar-refractivity contribution is 8.26. The van der Waals surface area contributed by atoms with Gasteiger partial charge in [0.15, 0.2) is 6.04 Å². The molecule has 30 heavy (non-hydrogen) atoms. The second kappa shape index (κ2) is 9.69. The van der Waals surface area contributed by atoms with Crippen LogP contribution in [-0.2, 0) is 14.3 Å². The summed E-state index contributed by atoms with van der Waals surface area (Å²) in [6, 6.07) is 14.2. The van der Waals surface area contributed by atoms with E-state index in [1.807, 2.05) is 13.0 Å². The summed E-state index contributed by atoms with van der Waals surface area (Å²) in [4.78, 5) is 39.0. The SMILES string of the molecule is CCCOC(=O)C(c1ccccc1)N1C(=O)/C(=C\c2ccccc2C(=O)O)SC1=S. The largest absolute Gasteiger partial charge is 0.478 e. The maximum absolute atomic E-state index is 13.2. The van der Waals surface area contributed by atoms with Gasteiger partial charge in [-0.25, -0.2) is 9.59 Å². The number of esters is 1. The van der Waals surface area contributed by atoms with Crippen molar-refractivity contribution >= 4 is 52.2 Å². The molecule has 0 aliphatic carbocycles. The summed E-state index contributed by atoms with van der Waals surface area (Å²) in [7, 11) is 0. The predicted octanol–water partition coefficient (Wildman–Crippen LogP) is 4.28. The summed E-state index contributed by atoms with van der Waals surface area (Å²) >= 11 is 6.44. The second-order valence-electron chi connectivity index (χ2n) is 6.42. The fourth-order valence-electron chi connectivity index (χ4n) is 2.97. The summed E-state index contributed by atoms with van der Waals surface area (Å²) in [5.74, 6) is -2.12. The zero-order valence-electron chi connectivity index (χ0n) is 16.1. The lowest BCUT2D eigenvalue weighted by atomic mass is 10.0. The summed E-state index contributed by atoms with van der Waals surface area (Å²) in [5, 5.41) is 9.38. The number of hydrogen-bond donors (Lipinski definition) is 1. The Labute approximate surface area is 183 Å². The minimum absolute atomic E-state index is 0.0738. The molecule has 0 aromatic heterocycles. The fourth-order valence-corrected chi connectivity index (χ4v) is 4.27. The molecule has 2 aromatic rings. The highest BCUT2D eigenvalue weighted by Gasteiger charge is 2.42. The molecule has 1 aliphatic heterocycles. The van der Waals surface area contributed by atoms with Gasteiger partial charge in [0.1, 0.15) is 4.32 Å². The standard InChI is InChI=1S/C22H19NO5S2/c1-2-12-28-21(27)18(14-8-4-3-5-9-14)23-19(24)17(30-22(23)29)13-15-10-6-7-11-16(15)20(25)26/h3-11,13,18H,2,12H2,1H3,(H,25,26)/b17-13+. The molecule has 1 heterocycles. The van der Waals surface area contributed by atoms with Crippen molar-refractivity contribution in [3.63, 3.8) is 0 Å². The van der Waals surface area contributed by atoms with Gasteiger partial charge in [0, 0.05) is 0 Å². The molecule has 3 rings (SSSR count). The van der Waals surface area contributed by atoms with Crippen LogP contribution in [0.25, 0.3) is 6.08 Å². The maximum atomic E-state index is 13.2. The molecular formula is C22H19NO5S2. The number of amides is 1. The number of rotatable bonds is 7. The number of benzene rings is 2. The van der Waals surface area contributed by atoms with Crippen LogP contribution in [0.5, 0.6) is 0 Å². The van der Waals surface area contributed by atoms with Crippen molar-refractivity contribution < 1.29 is 24.2 Å². The van der Waals surface area contributed by atoms with Crippen molar-refractivity contribution in [2.45, 2.75) is 19.4 Å². The van der Waals surface area contributed by atoms with E-state index in [1.54, 1.807) is 42.5 Å². The van der Waals surface area contributed by atoms with Gasteiger partial charge in [0.25, 0.3) is 5.91 Å². The van der Waals surface area contributed by atoms with E-state index in [9.17, 15) is 19.5 Å². The Kier molecular flexibility index (Phi) is 7.02. The van der Waals surface area contributed by atoms with E-state index in [-0.39, 0.29) is 21.4 Å². The minimum Gasteiger partial charge on any atom is -0.478 e. The van der Waals surface area contributed by atoms with Gasteiger partial charge in [-0.2, -0.15) is 0 Å². The number of thioether (sulfide) groups is 1. The van der Waals surface area contributed by atoms with Crippen molar-refractivity contribution in [2.75, 3.05) is 6.61 Å². The number of carbonyl (C=O) groups is 3. The molecule has 1 atom stereocenters. The lowest BCUT2D eigenvalue weighted by Crippen LogP contribution is -2.38. The average Bonchev–Trinajstić information content (AvgIpc) is 3.01. The lowest BCUT2D eigenvalue weighted by Gasteiger charge is -2.25. The molecule has 6 nitrogen and oxygen atoms in total. The van der Waals surface area contributed by atoms with Gasteiger partial charge in [-0.3, -0.25) is 9.69 Å². The Balaban J connectivity index is 1.99. The van der Waals surface area contributed by atoms with E-state index in [2.05, 4.69) is 0 Å². The fraction of sp³-hybridized carbons (Fsp3) is 0.182. The first kappa shape index (κ1) is 21.7. The number of thiocarbonyl (C=S) groups is 1. The Morgan fingerprint density at radius 3 is 2.50 bits per heavy atom. The minimum atomic E-state index is -1.09. The summed E-state index contributed by atoms with van der Waals surface area (Å²) in [6.07, 6.45) is 2.14. The molecule has 1 N–H and O–H groups in total. The zero-order chi connectivity index (χ0) is 21.7. The molecule has 0 radical (unpaired) electrons. The first-order valence-corrected chi connectivity index (χ1v) is 10.5. The van der Waals surface area contributed by atoms with E-state index in [4.69, 9.17) is 17.0 Å². The van der Waals surface area contributed by atoms with Crippen LogP contribution < -0.4 is 0 Å². The van der Waals surface area contributed by atoms with Crippen molar-refractivity contribution in [3.8, 4) is 0 Å². The van der Waals surface area contributed by atoms with E-state index in [1.165, 1.54) is 17.0 Å². The van der Waals surface area contributed by atoms with Crippen LogP contribution in [0.4, 0.5) is 0 Å². The van der Waals surface area contributed by atoms with E-state index in [0.29, 0.717) is 17.5 Å². The number of carbonyl (C=O) groups excluding carboxylic acids is 2. The van der Waals surface area contributed by atoms with Crippen LogP contribution in [0.15, 0.2) is 59.5 Å². The van der Waals surface area contributed by atoms with Gasteiger partial charge >= 0.3 is 11.9 Å². The number of hydrogen-bond acceptors (Lipinski definition) is 6. The van der Waals surface area contributed by atoms with Crippen molar-refractivity contribution in [1.82, 2.24) is 4.90 Å².